The van der Waals surface area contributed by atoms with Crippen LogP contribution in [0.3, 0.4) is 0 Å². The smallest absolute Gasteiger partial charge is 0.129 e. The lowest BCUT2D eigenvalue weighted by atomic mass is 9.99. The van der Waals surface area contributed by atoms with Gasteiger partial charge in [-0.3, -0.25) is 0 Å². The van der Waals surface area contributed by atoms with E-state index in [1.54, 1.807) is 0 Å². The molecule has 2 aromatic carbocycles. The van der Waals surface area contributed by atoms with Crippen molar-refractivity contribution in [3.63, 3.8) is 0 Å². The van der Waals surface area contributed by atoms with Crippen molar-refractivity contribution in [2.75, 3.05) is 14.2 Å². The first-order valence-corrected chi connectivity index (χ1v) is 14.3. The zero-order chi connectivity index (χ0) is 22.8. The Morgan fingerprint density at radius 2 is 1.33 bits per heavy atom. The summed E-state index contributed by atoms with van der Waals surface area (Å²) >= 11 is 0. The number of aryl methyl sites for hydroxylation is 1. The van der Waals surface area contributed by atoms with E-state index in [0.29, 0.717) is 0 Å². The molecule has 0 saturated heterocycles. The van der Waals surface area contributed by atoms with Crippen molar-refractivity contribution in [3.05, 3.63) is 42.5 Å². The number of aromatic nitrogens is 1. The van der Waals surface area contributed by atoms with Crippen LogP contribution in [-0.2, 0) is 7.05 Å². The van der Waals surface area contributed by atoms with Crippen molar-refractivity contribution in [3.8, 4) is 22.8 Å². The molecule has 0 amide bonds. The van der Waals surface area contributed by atoms with Gasteiger partial charge in [0.05, 0.1) is 25.5 Å². The molecular weight excluding hydrogens is 425 g/mol. The van der Waals surface area contributed by atoms with E-state index in [0.717, 1.165) is 22.8 Å². The van der Waals surface area contributed by atoms with Crippen LogP contribution in [0.2, 0.25) is 0 Å². The van der Waals surface area contributed by atoms with Crippen molar-refractivity contribution in [2.24, 2.45) is 7.05 Å². The fourth-order valence-electron chi connectivity index (χ4n) is 6.30. The molecule has 176 valence electrons. The Labute approximate surface area is 200 Å². The van der Waals surface area contributed by atoms with Crippen LogP contribution in [0.25, 0.3) is 22.2 Å². The summed E-state index contributed by atoms with van der Waals surface area (Å²) in [4.78, 5) is 0. The molecule has 2 aliphatic carbocycles. The minimum absolute atomic E-state index is 0.345. The largest absolute Gasteiger partial charge is 0.496 e. The molecule has 4 heteroatoms. The number of methoxy groups -OCH3 is 2. The van der Waals surface area contributed by atoms with E-state index in [9.17, 15) is 0 Å². The number of hydrogen-bond acceptors (Lipinski definition) is 2. The van der Waals surface area contributed by atoms with Crippen LogP contribution in [0.1, 0.15) is 64.2 Å². The summed E-state index contributed by atoms with van der Waals surface area (Å²) in [5.74, 6) is 2.05. The van der Waals surface area contributed by atoms with Gasteiger partial charge in [-0.1, -0.05) is 64.6 Å². The Morgan fingerprint density at radius 3 is 1.91 bits per heavy atom. The fourth-order valence-corrected chi connectivity index (χ4v) is 10.4. The number of hydrogen-bond donors (Lipinski definition) is 0. The molecule has 3 aromatic rings. The monoisotopic (exact) mass is 463 g/mol. The first-order valence-electron chi connectivity index (χ1n) is 12.8. The third-order valence-corrected chi connectivity index (χ3v) is 11.5. The minimum Gasteiger partial charge on any atom is -0.496 e. The SMILES string of the molecule is COc1ccc(OC)c(P(C2CCCCC2)C2CCCCC2)c1-c1cc2ccccc2n1C. The van der Waals surface area contributed by atoms with Crippen LogP contribution >= 0.6 is 7.92 Å². The van der Waals surface area contributed by atoms with Crippen molar-refractivity contribution in [1.82, 2.24) is 4.57 Å². The predicted octanol–water partition coefficient (Wildman–Crippen LogP) is 7.64. The Bertz CT molecular complexity index is 1070. The third kappa shape index (κ3) is 4.30. The number of benzene rings is 2. The van der Waals surface area contributed by atoms with E-state index < -0.39 is 0 Å². The van der Waals surface area contributed by atoms with Gasteiger partial charge in [-0.25, -0.2) is 0 Å². The summed E-state index contributed by atoms with van der Waals surface area (Å²) in [6.45, 7) is 0. The van der Waals surface area contributed by atoms with Crippen LogP contribution in [0.15, 0.2) is 42.5 Å². The highest BCUT2D eigenvalue weighted by atomic mass is 31.1. The average molecular weight is 464 g/mol. The Balaban J connectivity index is 1.75. The second-order valence-electron chi connectivity index (χ2n) is 9.83. The molecule has 1 heterocycles. The van der Waals surface area contributed by atoms with E-state index >= 15 is 0 Å². The molecule has 33 heavy (non-hydrogen) atoms. The second kappa shape index (κ2) is 10.1. The second-order valence-corrected chi connectivity index (χ2v) is 12.6. The van der Waals surface area contributed by atoms with Crippen LogP contribution < -0.4 is 14.8 Å². The van der Waals surface area contributed by atoms with Gasteiger partial charge in [-0.05, 0) is 61.3 Å². The average Bonchev–Trinajstić information content (AvgIpc) is 3.21. The van der Waals surface area contributed by atoms with Gasteiger partial charge in [0.1, 0.15) is 11.5 Å². The lowest BCUT2D eigenvalue weighted by Crippen LogP contribution is -2.28. The van der Waals surface area contributed by atoms with Gasteiger partial charge in [0.2, 0.25) is 0 Å². The van der Waals surface area contributed by atoms with Gasteiger partial charge in [0.15, 0.2) is 0 Å². The number of fused-ring (bicyclic) bond motifs is 1. The van der Waals surface area contributed by atoms with Crippen molar-refractivity contribution >= 4 is 24.1 Å². The maximum atomic E-state index is 6.13. The molecule has 0 atom stereocenters. The fraction of sp³-hybridized carbons (Fsp3) is 0.517. The quantitative estimate of drug-likeness (QED) is 0.351. The zero-order valence-electron chi connectivity index (χ0n) is 20.5. The Kier molecular flexibility index (Phi) is 6.97. The van der Waals surface area contributed by atoms with Crippen LogP contribution in [0.4, 0.5) is 0 Å². The summed E-state index contributed by atoms with van der Waals surface area (Å²) in [5, 5.41) is 2.75. The molecule has 2 aliphatic rings. The Morgan fingerprint density at radius 1 is 0.758 bits per heavy atom. The molecule has 0 bridgehead atoms. The highest BCUT2D eigenvalue weighted by Gasteiger charge is 2.37. The van der Waals surface area contributed by atoms with Gasteiger partial charge in [0, 0.05) is 23.3 Å². The zero-order valence-corrected chi connectivity index (χ0v) is 21.4. The van der Waals surface area contributed by atoms with Gasteiger partial charge >= 0.3 is 0 Å². The molecule has 0 spiro atoms. The predicted molar refractivity (Wildman–Crippen MR) is 142 cm³/mol. The van der Waals surface area contributed by atoms with E-state index in [-0.39, 0.29) is 7.92 Å². The molecule has 0 radical (unpaired) electrons. The lowest BCUT2D eigenvalue weighted by molar-refractivity contribution is 0.406. The number of nitrogens with zero attached hydrogens (tertiary/aromatic N) is 1. The van der Waals surface area contributed by atoms with Crippen LogP contribution in [0, 0.1) is 0 Å². The summed E-state index contributed by atoms with van der Waals surface area (Å²) in [6.07, 6.45) is 13.8. The first-order chi connectivity index (χ1) is 16.2. The summed E-state index contributed by atoms with van der Waals surface area (Å²) in [5.41, 5.74) is 5.39. The Hall–Kier alpha value is -1.99. The highest BCUT2D eigenvalue weighted by Crippen LogP contribution is 2.58. The molecule has 0 unspecified atom stereocenters. The molecule has 3 nitrogen and oxygen atoms in total. The van der Waals surface area contributed by atoms with Gasteiger partial charge < -0.3 is 14.0 Å². The highest BCUT2D eigenvalue weighted by molar-refractivity contribution is 7.67. The van der Waals surface area contributed by atoms with Crippen molar-refractivity contribution in [2.45, 2.75) is 75.5 Å². The first kappa shape index (κ1) is 22.8. The normalized spacial score (nSPS) is 18.2. The van der Waals surface area contributed by atoms with Gasteiger partial charge in [-0.2, -0.15) is 0 Å². The topological polar surface area (TPSA) is 23.4 Å². The molecule has 5 rings (SSSR count). The van der Waals surface area contributed by atoms with Crippen LogP contribution in [0.5, 0.6) is 11.5 Å². The van der Waals surface area contributed by atoms with E-state index in [1.165, 1.54) is 91.7 Å². The minimum atomic E-state index is -0.345. The molecule has 1 aromatic heterocycles. The number of ether oxygens (including phenoxy) is 2. The maximum Gasteiger partial charge on any atom is 0.129 e. The summed E-state index contributed by atoms with van der Waals surface area (Å²) in [6, 6.07) is 15.3. The van der Waals surface area contributed by atoms with Crippen molar-refractivity contribution in [1.29, 1.82) is 0 Å². The van der Waals surface area contributed by atoms with Crippen molar-refractivity contribution < 1.29 is 9.47 Å². The molecule has 2 saturated carbocycles. The van der Waals surface area contributed by atoms with E-state index in [4.69, 9.17) is 9.47 Å². The van der Waals surface area contributed by atoms with Gasteiger partial charge in [0.25, 0.3) is 0 Å². The number of para-hydroxylation sites is 1. The number of rotatable bonds is 6. The van der Waals surface area contributed by atoms with E-state index in [2.05, 4.69) is 54.1 Å². The third-order valence-electron chi connectivity index (χ3n) is 7.94. The molecule has 0 aliphatic heterocycles. The molecule has 0 N–H and O–H groups in total. The standard InChI is InChI=1S/C29H38NO2P/c1-30-24-17-11-10-12-21(24)20-25(30)28-26(31-2)18-19-27(32-3)29(28)33(22-13-6-4-7-14-22)23-15-8-5-9-16-23/h10-12,17-20,22-23H,4-9,13-16H2,1-3H3. The summed E-state index contributed by atoms with van der Waals surface area (Å²) < 4.78 is 14.5. The summed E-state index contributed by atoms with van der Waals surface area (Å²) in [7, 11) is 5.53. The van der Waals surface area contributed by atoms with Crippen LogP contribution in [-0.4, -0.2) is 30.1 Å². The lowest BCUT2D eigenvalue weighted by Gasteiger charge is -2.40. The van der Waals surface area contributed by atoms with E-state index in [1.807, 2.05) is 14.2 Å². The van der Waals surface area contributed by atoms with Gasteiger partial charge in [-0.15, -0.1) is 0 Å². The molecule has 2 fully saturated rings. The maximum absolute atomic E-state index is 6.13. The molecular formula is C29H38NO2P.